The molecule has 0 unspecified atom stereocenters. The molecule has 0 atom stereocenters. The number of nitrogen functional groups attached to an aromatic ring is 1. The van der Waals surface area contributed by atoms with Gasteiger partial charge >= 0.3 is 0 Å². The molecule has 0 saturated carbocycles. The predicted molar refractivity (Wildman–Crippen MR) is 90.7 cm³/mol. The van der Waals surface area contributed by atoms with Crippen LogP contribution in [-0.2, 0) is 19.3 Å². The zero-order valence-corrected chi connectivity index (χ0v) is 13.2. The van der Waals surface area contributed by atoms with Gasteiger partial charge in [-0.15, -0.1) is 0 Å². The minimum Gasteiger partial charge on any atom is -0.383 e. The molecule has 0 amide bonds. The minimum absolute atomic E-state index is 0.149. The van der Waals surface area contributed by atoms with E-state index in [2.05, 4.69) is 17.0 Å². The van der Waals surface area contributed by atoms with Crippen LogP contribution in [0.1, 0.15) is 47.1 Å². The number of rotatable bonds is 2. The second-order valence-corrected chi connectivity index (χ2v) is 6.15. The minimum atomic E-state index is -0.149. The maximum atomic E-state index is 13.0. The lowest BCUT2D eigenvalue weighted by molar-refractivity contribution is 0.0949. The summed E-state index contributed by atoms with van der Waals surface area (Å²) in [6.07, 6.45) is 4.96. The number of benzene rings is 1. The Morgan fingerprint density at radius 2 is 2.17 bits per heavy atom. The molecule has 5 nitrogen and oxygen atoms in total. The molecular weight excluding hydrogens is 288 g/mol. The molecule has 23 heavy (non-hydrogen) atoms. The second-order valence-electron chi connectivity index (χ2n) is 6.15. The van der Waals surface area contributed by atoms with E-state index < -0.39 is 0 Å². The molecule has 2 heterocycles. The van der Waals surface area contributed by atoms with Crippen LogP contribution in [0.25, 0.3) is 10.9 Å². The lowest BCUT2D eigenvalue weighted by Crippen LogP contribution is -2.16. The first-order valence-electron chi connectivity index (χ1n) is 8.20. The summed E-state index contributed by atoms with van der Waals surface area (Å²) in [6.45, 7) is 2.09. The number of nitrogens with zero attached hydrogens (tertiary/aromatic N) is 2. The number of nitrogens with two attached hydrogens (primary N) is 1. The Hall–Kier alpha value is -2.56. The van der Waals surface area contributed by atoms with Crippen LogP contribution in [0, 0.1) is 0 Å². The molecule has 0 bridgehead atoms. The number of aryl methyl sites for hydroxylation is 2. The SMILES string of the molecule is CCc1cc2c(C(=O)n3nc4c(c3N)CCCC4)cccc2[nH]1. The second kappa shape index (κ2) is 5.26. The van der Waals surface area contributed by atoms with E-state index in [1.54, 1.807) is 0 Å². The molecule has 0 fully saturated rings. The summed E-state index contributed by atoms with van der Waals surface area (Å²) in [5, 5.41) is 5.42. The van der Waals surface area contributed by atoms with Crippen molar-refractivity contribution in [2.24, 2.45) is 0 Å². The first-order valence-corrected chi connectivity index (χ1v) is 8.20. The molecule has 0 spiro atoms. The summed E-state index contributed by atoms with van der Waals surface area (Å²) < 4.78 is 1.39. The van der Waals surface area contributed by atoms with E-state index in [0.29, 0.717) is 11.4 Å². The van der Waals surface area contributed by atoms with Crippen LogP contribution >= 0.6 is 0 Å². The Labute approximate surface area is 134 Å². The maximum Gasteiger partial charge on any atom is 0.280 e. The molecule has 4 rings (SSSR count). The van der Waals surface area contributed by atoms with E-state index in [1.165, 1.54) is 4.68 Å². The molecule has 3 N–H and O–H groups in total. The van der Waals surface area contributed by atoms with Gasteiger partial charge in [0.1, 0.15) is 5.82 Å². The maximum absolute atomic E-state index is 13.0. The molecule has 5 heteroatoms. The van der Waals surface area contributed by atoms with Gasteiger partial charge in [-0.3, -0.25) is 4.79 Å². The van der Waals surface area contributed by atoms with E-state index in [9.17, 15) is 4.79 Å². The van der Waals surface area contributed by atoms with E-state index in [0.717, 1.165) is 60.0 Å². The summed E-state index contributed by atoms with van der Waals surface area (Å²) in [5.74, 6) is 0.358. The fraction of sp³-hybridized carbons (Fsp3) is 0.333. The number of aromatic amines is 1. The van der Waals surface area contributed by atoms with Crippen LogP contribution in [0.2, 0.25) is 0 Å². The summed E-state index contributed by atoms with van der Waals surface area (Å²) in [5.41, 5.74) is 11.0. The highest BCUT2D eigenvalue weighted by atomic mass is 16.2. The van der Waals surface area contributed by atoms with Crippen LogP contribution in [0.5, 0.6) is 0 Å². The largest absolute Gasteiger partial charge is 0.383 e. The van der Waals surface area contributed by atoms with Crippen molar-refractivity contribution in [3.63, 3.8) is 0 Å². The molecule has 2 aromatic heterocycles. The number of anilines is 1. The standard InChI is InChI=1S/C18H20N4O/c1-2-11-10-14-12(7-5-9-15(14)20-11)18(23)22-17(19)13-6-3-4-8-16(13)21-22/h5,7,9-10,20H,2-4,6,8,19H2,1H3. The summed E-state index contributed by atoms with van der Waals surface area (Å²) in [6, 6.07) is 7.77. The van der Waals surface area contributed by atoms with Crippen molar-refractivity contribution < 1.29 is 4.79 Å². The van der Waals surface area contributed by atoms with Gasteiger partial charge in [0.05, 0.1) is 11.3 Å². The van der Waals surface area contributed by atoms with E-state index in [4.69, 9.17) is 5.73 Å². The molecule has 1 aliphatic carbocycles. The Bertz CT molecular complexity index is 903. The molecule has 0 aliphatic heterocycles. The number of carbonyl (C=O) groups excluding carboxylic acids is 1. The number of nitrogens with one attached hydrogen (secondary N) is 1. The van der Waals surface area contributed by atoms with Gasteiger partial charge in [0.15, 0.2) is 0 Å². The van der Waals surface area contributed by atoms with Crippen molar-refractivity contribution in [1.82, 2.24) is 14.8 Å². The van der Waals surface area contributed by atoms with Gasteiger partial charge in [0.25, 0.3) is 5.91 Å². The number of hydrogen-bond donors (Lipinski definition) is 2. The fourth-order valence-corrected chi connectivity index (χ4v) is 3.44. The van der Waals surface area contributed by atoms with Crippen LogP contribution < -0.4 is 5.73 Å². The van der Waals surface area contributed by atoms with Gasteiger partial charge in [-0.2, -0.15) is 9.78 Å². The molecule has 0 saturated heterocycles. The van der Waals surface area contributed by atoms with Gasteiger partial charge in [0, 0.05) is 22.2 Å². The zero-order chi connectivity index (χ0) is 16.0. The van der Waals surface area contributed by atoms with Crippen molar-refractivity contribution in [3.05, 3.63) is 46.8 Å². The normalized spacial score (nSPS) is 14.1. The van der Waals surface area contributed by atoms with Crippen LogP contribution in [0.15, 0.2) is 24.3 Å². The molecular formula is C18H20N4O. The third-order valence-corrected chi connectivity index (χ3v) is 4.72. The van der Waals surface area contributed by atoms with Gasteiger partial charge < -0.3 is 10.7 Å². The quantitative estimate of drug-likeness (QED) is 0.764. The summed E-state index contributed by atoms with van der Waals surface area (Å²) in [7, 11) is 0. The first kappa shape index (κ1) is 14.1. The summed E-state index contributed by atoms with van der Waals surface area (Å²) in [4.78, 5) is 16.3. The fourth-order valence-electron chi connectivity index (χ4n) is 3.44. The third kappa shape index (κ3) is 2.15. The molecule has 1 aromatic carbocycles. The molecule has 3 aromatic rings. The number of fused-ring (bicyclic) bond motifs is 2. The third-order valence-electron chi connectivity index (χ3n) is 4.72. The number of aromatic nitrogens is 3. The molecule has 118 valence electrons. The van der Waals surface area contributed by atoms with Crippen molar-refractivity contribution >= 4 is 22.6 Å². The average molecular weight is 308 g/mol. The topological polar surface area (TPSA) is 76.7 Å². The van der Waals surface area contributed by atoms with Crippen LogP contribution in [0.4, 0.5) is 5.82 Å². The van der Waals surface area contributed by atoms with Gasteiger partial charge in [-0.25, -0.2) is 0 Å². The lowest BCUT2D eigenvalue weighted by atomic mass is 9.98. The zero-order valence-electron chi connectivity index (χ0n) is 13.2. The van der Waals surface area contributed by atoms with Crippen LogP contribution in [-0.4, -0.2) is 20.7 Å². The van der Waals surface area contributed by atoms with E-state index in [1.807, 2.05) is 24.3 Å². The Morgan fingerprint density at radius 1 is 1.35 bits per heavy atom. The molecule has 1 aliphatic rings. The highest BCUT2D eigenvalue weighted by Gasteiger charge is 2.23. The first-order chi connectivity index (χ1) is 11.2. The monoisotopic (exact) mass is 308 g/mol. The Kier molecular flexibility index (Phi) is 3.22. The van der Waals surface area contributed by atoms with E-state index >= 15 is 0 Å². The van der Waals surface area contributed by atoms with Crippen molar-refractivity contribution in [2.45, 2.75) is 39.0 Å². The Morgan fingerprint density at radius 3 is 2.96 bits per heavy atom. The van der Waals surface area contributed by atoms with Crippen molar-refractivity contribution in [2.75, 3.05) is 5.73 Å². The van der Waals surface area contributed by atoms with Crippen molar-refractivity contribution in [1.29, 1.82) is 0 Å². The van der Waals surface area contributed by atoms with E-state index in [-0.39, 0.29) is 5.91 Å². The average Bonchev–Trinajstić information content (AvgIpc) is 3.15. The highest BCUT2D eigenvalue weighted by molar-refractivity contribution is 6.08. The number of carbonyl (C=O) groups is 1. The van der Waals surface area contributed by atoms with Gasteiger partial charge in [-0.1, -0.05) is 13.0 Å². The predicted octanol–water partition coefficient (Wildman–Crippen LogP) is 3.08. The lowest BCUT2D eigenvalue weighted by Gasteiger charge is -2.08. The smallest absolute Gasteiger partial charge is 0.280 e. The van der Waals surface area contributed by atoms with Crippen LogP contribution in [0.3, 0.4) is 0 Å². The summed E-state index contributed by atoms with van der Waals surface area (Å²) >= 11 is 0. The van der Waals surface area contributed by atoms with Crippen molar-refractivity contribution in [3.8, 4) is 0 Å². The van der Waals surface area contributed by atoms with Gasteiger partial charge in [0.2, 0.25) is 0 Å². The Balaban J connectivity index is 1.83. The molecule has 0 radical (unpaired) electrons. The highest BCUT2D eigenvalue weighted by Crippen LogP contribution is 2.27. The number of H-pyrrole nitrogens is 1. The number of hydrogen-bond acceptors (Lipinski definition) is 3. The van der Waals surface area contributed by atoms with Gasteiger partial charge in [-0.05, 0) is 50.3 Å².